The Morgan fingerprint density at radius 2 is 1.82 bits per heavy atom. The molecule has 0 aromatic heterocycles. The van der Waals surface area contributed by atoms with Gasteiger partial charge in [-0.15, -0.1) is 0 Å². The second-order valence-electron chi connectivity index (χ2n) is 4.03. The molecule has 2 rings (SSSR count). The van der Waals surface area contributed by atoms with Gasteiger partial charge in [-0.3, -0.25) is 4.79 Å². The third-order valence-electron chi connectivity index (χ3n) is 2.80. The molecule has 17 heavy (non-hydrogen) atoms. The zero-order valence-corrected chi connectivity index (χ0v) is 12.6. The van der Waals surface area contributed by atoms with Crippen molar-refractivity contribution in [3.63, 3.8) is 0 Å². The summed E-state index contributed by atoms with van der Waals surface area (Å²) in [4.78, 5) is 11.2. The molecule has 0 amide bonds. The van der Waals surface area contributed by atoms with Gasteiger partial charge in [-0.2, -0.15) is 0 Å². The second-order valence-corrected chi connectivity index (χ2v) is 5.99. The fourth-order valence-electron chi connectivity index (χ4n) is 1.84. The van der Waals surface area contributed by atoms with Crippen LogP contribution in [-0.4, -0.2) is 10.6 Å². The number of carbonyl (C=O) groups is 1. The number of rotatable bonds is 3. The van der Waals surface area contributed by atoms with Crippen molar-refractivity contribution < 1.29 is 4.79 Å². The Morgan fingerprint density at radius 1 is 1.18 bits per heavy atom. The zero-order chi connectivity index (χ0) is 12.4. The average molecular weight is 356 g/mol. The van der Waals surface area contributed by atoms with Crippen molar-refractivity contribution in [2.45, 2.75) is 18.2 Å². The molecular weight excluding hydrogens is 344 g/mol. The van der Waals surface area contributed by atoms with Crippen molar-refractivity contribution in [2.75, 3.05) is 0 Å². The molecule has 0 aliphatic rings. The Labute approximate surface area is 117 Å². The van der Waals surface area contributed by atoms with Gasteiger partial charge in [0.15, 0.2) is 0 Å². The summed E-state index contributed by atoms with van der Waals surface area (Å²) in [6.07, 6.45) is 0.725. The molecule has 2 aromatic carbocycles. The van der Waals surface area contributed by atoms with Gasteiger partial charge in [0.05, 0.1) is 4.83 Å². The SMILES string of the molecule is CC(=O)C(Br)Cc1ccc(Br)c2ccccc12. The highest BCUT2D eigenvalue weighted by atomic mass is 79.9. The number of benzene rings is 2. The minimum absolute atomic E-state index is 0.105. The van der Waals surface area contributed by atoms with E-state index in [0.29, 0.717) is 0 Å². The predicted octanol–water partition coefficient (Wildman–Crippen LogP) is 4.50. The first-order chi connectivity index (χ1) is 8.09. The third-order valence-corrected chi connectivity index (χ3v) is 4.46. The lowest BCUT2D eigenvalue weighted by atomic mass is 10.00. The van der Waals surface area contributed by atoms with Crippen molar-refractivity contribution in [3.05, 3.63) is 46.4 Å². The van der Waals surface area contributed by atoms with E-state index in [2.05, 4.69) is 50.1 Å². The van der Waals surface area contributed by atoms with Crippen LogP contribution in [0.15, 0.2) is 40.9 Å². The van der Waals surface area contributed by atoms with E-state index >= 15 is 0 Å². The topological polar surface area (TPSA) is 17.1 Å². The molecule has 1 unspecified atom stereocenters. The molecule has 1 atom stereocenters. The van der Waals surface area contributed by atoms with Gasteiger partial charge < -0.3 is 0 Å². The van der Waals surface area contributed by atoms with Crippen LogP contribution in [0.25, 0.3) is 10.8 Å². The summed E-state index contributed by atoms with van der Waals surface area (Å²) in [7, 11) is 0. The van der Waals surface area contributed by atoms with E-state index in [4.69, 9.17) is 0 Å². The minimum atomic E-state index is -0.105. The number of carbonyl (C=O) groups excluding carboxylic acids is 1. The Hall–Kier alpha value is -0.670. The fraction of sp³-hybridized carbons (Fsp3) is 0.214. The second kappa shape index (κ2) is 5.32. The first kappa shape index (κ1) is 12.8. The number of hydrogen-bond donors (Lipinski definition) is 0. The van der Waals surface area contributed by atoms with E-state index in [0.717, 1.165) is 10.9 Å². The summed E-state index contributed by atoms with van der Waals surface area (Å²) in [6, 6.07) is 12.3. The molecule has 0 radical (unpaired) electrons. The van der Waals surface area contributed by atoms with Crippen LogP contribution < -0.4 is 0 Å². The maximum Gasteiger partial charge on any atom is 0.143 e. The molecule has 88 valence electrons. The quantitative estimate of drug-likeness (QED) is 0.741. The van der Waals surface area contributed by atoms with Crippen molar-refractivity contribution in [3.8, 4) is 0 Å². The summed E-state index contributed by atoms with van der Waals surface area (Å²) < 4.78 is 1.09. The van der Waals surface area contributed by atoms with Gasteiger partial charge in [-0.25, -0.2) is 0 Å². The molecule has 0 saturated carbocycles. The number of Topliss-reactive ketones (excluding diaryl/α,β-unsaturated/α-hetero) is 1. The summed E-state index contributed by atoms with van der Waals surface area (Å²) >= 11 is 6.97. The first-order valence-corrected chi connectivity index (χ1v) is 7.11. The fourth-order valence-corrected chi connectivity index (χ4v) is 2.67. The van der Waals surface area contributed by atoms with E-state index in [1.54, 1.807) is 6.92 Å². The maximum absolute atomic E-state index is 11.3. The van der Waals surface area contributed by atoms with Crippen LogP contribution in [0, 0.1) is 0 Å². The molecule has 0 fully saturated rings. The summed E-state index contributed by atoms with van der Waals surface area (Å²) in [5.74, 6) is 0.164. The van der Waals surface area contributed by atoms with Crippen molar-refractivity contribution in [2.24, 2.45) is 0 Å². The molecule has 0 aliphatic carbocycles. The molecular formula is C14H12Br2O. The van der Waals surface area contributed by atoms with Crippen LogP contribution in [-0.2, 0) is 11.2 Å². The Balaban J connectivity index is 2.48. The lowest BCUT2D eigenvalue weighted by molar-refractivity contribution is -0.116. The van der Waals surface area contributed by atoms with Crippen LogP contribution in [0.2, 0.25) is 0 Å². The highest BCUT2D eigenvalue weighted by Gasteiger charge is 2.13. The van der Waals surface area contributed by atoms with Crippen molar-refractivity contribution >= 4 is 48.4 Å². The first-order valence-electron chi connectivity index (χ1n) is 5.40. The van der Waals surface area contributed by atoms with Crippen LogP contribution in [0.4, 0.5) is 0 Å². The lowest BCUT2D eigenvalue weighted by Gasteiger charge is -2.10. The molecule has 0 bridgehead atoms. The Kier molecular flexibility index (Phi) is 4.00. The maximum atomic E-state index is 11.3. The van der Waals surface area contributed by atoms with Gasteiger partial charge in [-0.05, 0) is 35.7 Å². The zero-order valence-electron chi connectivity index (χ0n) is 9.41. The van der Waals surface area contributed by atoms with E-state index in [-0.39, 0.29) is 10.6 Å². The molecule has 0 N–H and O–H groups in total. The van der Waals surface area contributed by atoms with Gasteiger partial charge in [0, 0.05) is 4.47 Å². The van der Waals surface area contributed by atoms with Gasteiger partial charge in [0.2, 0.25) is 0 Å². The minimum Gasteiger partial charge on any atom is -0.299 e. The van der Waals surface area contributed by atoms with Crippen molar-refractivity contribution in [1.29, 1.82) is 0 Å². The lowest BCUT2D eigenvalue weighted by Crippen LogP contribution is -2.12. The van der Waals surface area contributed by atoms with Crippen LogP contribution in [0.3, 0.4) is 0 Å². The number of hydrogen-bond acceptors (Lipinski definition) is 1. The number of fused-ring (bicyclic) bond motifs is 1. The van der Waals surface area contributed by atoms with Crippen LogP contribution >= 0.6 is 31.9 Å². The Morgan fingerprint density at radius 3 is 2.47 bits per heavy atom. The van der Waals surface area contributed by atoms with E-state index in [9.17, 15) is 4.79 Å². The largest absolute Gasteiger partial charge is 0.299 e. The molecule has 0 heterocycles. The molecule has 0 spiro atoms. The van der Waals surface area contributed by atoms with Gasteiger partial charge in [0.25, 0.3) is 0 Å². The number of ketones is 1. The summed E-state index contributed by atoms with van der Waals surface area (Å²) in [6.45, 7) is 1.61. The van der Waals surface area contributed by atoms with E-state index in [1.165, 1.54) is 16.3 Å². The standard InChI is InChI=1S/C14H12Br2O/c1-9(17)14(16)8-10-6-7-13(15)12-5-3-2-4-11(10)12/h2-7,14H,8H2,1H3. The monoisotopic (exact) mass is 354 g/mol. The smallest absolute Gasteiger partial charge is 0.143 e. The van der Waals surface area contributed by atoms with E-state index < -0.39 is 0 Å². The average Bonchev–Trinajstić information content (AvgIpc) is 2.33. The van der Waals surface area contributed by atoms with Crippen LogP contribution in [0.1, 0.15) is 12.5 Å². The molecule has 1 nitrogen and oxygen atoms in total. The highest BCUT2D eigenvalue weighted by Crippen LogP contribution is 2.28. The number of halogens is 2. The van der Waals surface area contributed by atoms with Gasteiger partial charge >= 0.3 is 0 Å². The molecule has 0 saturated heterocycles. The molecule has 3 heteroatoms. The van der Waals surface area contributed by atoms with Crippen molar-refractivity contribution in [1.82, 2.24) is 0 Å². The molecule has 0 aliphatic heterocycles. The van der Waals surface area contributed by atoms with Gasteiger partial charge in [-0.1, -0.05) is 62.2 Å². The Bertz CT molecular complexity index is 563. The summed E-state index contributed by atoms with van der Waals surface area (Å²) in [5.41, 5.74) is 1.20. The third kappa shape index (κ3) is 2.78. The van der Waals surface area contributed by atoms with E-state index in [1.807, 2.05) is 18.2 Å². The van der Waals surface area contributed by atoms with Crippen LogP contribution in [0.5, 0.6) is 0 Å². The molecule has 2 aromatic rings. The summed E-state index contributed by atoms with van der Waals surface area (Å²) in [5, 5.41) is 2.39. The normalized spacial score (nSPS) is 12.6. The van der Waals surface area contributed by atoms with Gasteiger partial charge in [0.1, 0.15) is 5.78 Å². The highest BCUT2D eigenvalue weighted by molar-refractivity contribution is 9.10. The predicted molar refractivity (Wildman–Crippen MR) is 78.7 cm³/mol. The number of alkyl halides is 1.